The minimum absolute atomic E-state index is 0.898. The minimum atomic E-state index is 0.898. The summed E-state index contributed by atoms with van der Waals surface area (Å²) in [7, 11) is 0. The highest BCUT2D eigenvalue weighted by atomic mass is 16.5. The molecule has 0 N–H and O–H groups in total. The first kappa shape index (κ1) is 11.0. The Balaban J connectivity index is 3.34. The number of hydrogen-bond acceptors (Lipinski definition) is 1. The van der Waals surface area contributed by atoms with E-state index in [0.29, 0.717) is 0 Å². The maximum Gasteiger partial charge on any atom is 0.0970 e. The Labute approximate surface area is 71.1 Å². The van der Waals surface area contributed by atoms with E-state index in [9.17, 15) is 0 Å². The van der Waals surface area contributed by atoms with Crippen molar-refractivity contribution >= 4 is 0 Å². The predicted octanol–water partition coefficient (Wildman–Crippen LogP) is 3.55. The van der Waals surface area contributed by atoms with Crippen molar-refractivity contribution < 1.29 is 4.74 Å². The van der Waals surface area contributed by atoms with Crippen LogP contribution in [0.25, 0.3) is 0 Å². The van der Waals surface area contributed by atoms with Gasteiger partial charge in [-0.3, -0.25) is 0 Å². The first-order chi connectivity index (χ1) is 5.35. The summed E-state index contributed by atoms with van der Waals surface area (Å²) in [6, 6.07) is 0. The summed E-state index contributed by atoms with van der Waals surface area (Å²) in [6.45, 7) is 7.45. The Morgan fingerprint density at radius 2 is 1.45 bits per heavy atom. The summed E-state index contributed by atoms with van der Waals surface area (Å²) in [5.41, 5.74) is 0. The van der Waals surface area contributed by atoms with E-state index in [-0.39, 0.29) is 0 Å². The van der Waals surface area contributed by atoms with Crippen LogP contribution >= 0.6 is 0 Å². The largest absolute Gasteiger partial charge is 0.372 e. The first-order valence-electron chi connectivity index (χ1n) is 4.82. The van der Waals surface area contributed by atoms with Gasteiger partial charge in [0, 0.05) is 6.61 Å². The maximum atomic E-state index is 5.59. The van der Waals surface area contributed by atoms with Gasteiger partial charge in [-0.1, -0.05) is 33.6 Å². The van der Waals surface area contributed by atoms with Gasteiger partial charge in [-0.2, -0.15) is 0 Å². The van der Waals surface area contributed by atoms with Gasteiger partial charge in [-0.25, -0.2) is 0 Å². The number of rotatable bonds is 7. The highest BCUT2D eigenvalue weighted by Gasteiger charge is 2.06. The van der Waals surface area contributed by atoms with Gasteiger partial charge in [0.1, 0.15) is 0 Å². The topological polar surface area (TPSA) is 9.23 Å². The maximum absolute atomic E-state index is 5.59. The molecule has 1 heteroatoms. The molecule has 0 fully saturated rings. The van der Waals surface area contributed by atoms with Crippen molar-refractivity contribution in [2.75, 3.05) is 6.61 Å². The van der Waals surface area contributed by atoms with E-state index in [2.05, 4.69) is 20.8 Å². The van der Waals surface area contributed by atoms with Gasteiger partial charge in [0.05, 0.1) is 6.10 Å². The summed E-state index contributed by atoms with van der Waals surface area (Å²) in [4.78, 5) is 0. The Morgan fingerprint density at radius 3 is 1.82 bits per heavy atom. The molecule has 0 aliphatic rings. The van der Waals surface area contributed by atoms with Gasteiger partial charge >= 0.3 is 0 Å². The van der Waals surface area contributed by atoms with Gasteiger partial charge in [-0.05, 0) is 19.3 Å². The second kappa shape index (κ2) is 8.06. The molecule has 1 radical (unpaired) electrons. The lowest BCUT2D eigenvalue weighted by Crippen LogP contribution is -2.03. The molecular weight excluding hydrogens is 136 g/mol. The molecule has 67 valence electrons. The lowest BCUT2D eigenvalue weighted by molar-refractivity contribution is 0.125. The zero-order valence-corrected chi connectivity index (χ0v) is 8.15. The van der Waals surface area contributed by atoms with Crippen LogP contribution in [0.4, 0.5) is 0 Å². The predicted molar refractivity (Wildman–Crippen MR) is 49.3 cm³/mol. The van der Waals surface area contributed by atoms with Crippen LogP contribution in [0.3, 0.4) is 0 Å². The van der Waals surface area contributed by atoms with Crippen molar-refractivity contribution in [3.63, 3.8) is 0 Å². The second-order valence-corrected chi connectivity index (χ2v) is 2.89. The van der Waals surface area contributed by atoms with Gasteiger partial charge in [-0.15, -0.1) is 0 Å². The van der Waals surface area contributed by atoms with Crippen molar-refractivity contribution in [1.82, 2.24) is 0 Å². The third kappa shape index (κ3) is 6.36. The second-order valence-electron chi connectivity index (χ2n) is 2.89. The molecule has 0 rings (SSSR count). The van der Waals surface area contributed by atoms with Gasteiger partial charge < -0.3 is 4.74 Å². The SMILES string of the molecule is CCCO[C](CCC)CCC. The van der Waals surface area contributed by atoms with Crippen molar-refractivity contribution in [3.8, 4) is 0 Å². The van der Waals surface area contributed by atoms with Crippen LogP contribution in [0.2, 0.25) is 0 Å². The molecule has 0 aromatic heterocycles. The molecule has 0 aromatic rings. The summed E-state index contributed by atoms with van der Waals surface area (Å²) >= 11 is 0. The minimum Gasteiger partial charge on any atom is -0.372 e. The van der Waals surface area contributed by atoms with Crippen LogP contribution in [-0.4, -0.2) is 6.61 Å². The van der Waals surface area contributed by atoms with Gasteiger partial charge in [0.25, 0.3) is 0 Å². The Kier molecular flexibility index (Phi) is 8.03. The van der Waals surface area contributed by atoms with Crippen molar-refractivity contribution in [2.45, 2.75) is 52.9 Å². The van der Waals surface area contributed by atoms with Crippen LogP contribution in [0.5, 0.6) is 0 Å². The molecule has 11 heavy (non-hydrogen) atoms. The molecule has 0 amide bonds. The quantitative estimate of drug-likeness (QED) is 0.549. The molecular formula is C10H21O. The van der Waals surface area contributed by atoms with Crippen molar-refractivity contribution in [1.29, 1.82) is 0 Å². The monoisotopic (exact) mass is 157 g/mol. The molecule has 0 saturated carbocycles. The van der Waals surface area contributed by atoms with Crippen LogP contribution in [0.1, 0.15) is 52.9 Å². The van der Waals surface area contributed by atoms with E-state index in [1.165, 1.54) is 18.9 Å². The lowest BCUT2D eigenvalue weighted by Gasteiger charge is -2.13. The third-order valence-corrected chi connectivity index (χ3v) is 1.57. The fraction of sp³-hybridized carbons (Fsp3) is 0.900. The lowest BCUT2D eigenvalue weighted by atomic mass is 10.1. The summed E-state index contributed by atoms with van der Waals surface area (Å²) in [5.74, 6) is 0. The number of hydrogen-bond donors (Lipinski definition) is 0. The third-order valence-electron chi connectivity index (χ3n) is 1.57. The highest BCUT2D eigenvalue weighted by molar-refractivity contribution is 4.76. The highest BCUT2D eigenvalue weighted by Crippen LogP contribution is 2.17. The Hall–Kier alpha value is -0.0400. The van der Waals surface area contributed by atoms with Crippen LogP contribution in [-0.2, 0) is 4.74 Å². The van der Waals surface area contributed by atoms with E-state index in [0.717, 1.165) is 25.9 Å². The fourth-order valence-electron chi connectivity index (χ4n) is 1.07. The van der Waals surface area contributed by atoms with Crippen molar-refractivity contribution in [2.24, 2.45) is 0 Å². The summed E-state index contributed by atoms with van der Waals surface area (Å²) < 4.78 is 5.59. The standard InChI is InChI=1S/C10H21O/c1-4-7-10(8-5-2)11-9-6-3/h4-9H2,1-3H3. The van der Waals surface area contributed by atoms with Crippen LogP contribution in [0.15, 0.2) is 0 Å². The normalized spacial score (nSPS) is 10.9. The van der Waals surface area contributed by atoms with E-state index >= 15 is 0 Å². The number of ether oxygens (including phenoxy) is 1. The Morgan fingerprint density at radius 1 is 0.909 bits per heavy atom. The van der Waals surface area contributed by atoms with Crippen LogP contribution < -0.4 is 0 Å². The van der Waals surface area contributed by atoms with E-state index in [4.69, 9.17) is 4.74 Å². The zero-order chi connectivity index (χ0) is 8.53. The fourth-order valence-corrected chi connectivity index (χ4v) is 1.07. The molecule has 0 aliphatic carbocycles. The molecule has 0 heterocycles. The zero-order valence-electron chi connectivity index (χ0n) is 8.15. The molecule has 0 aliphatic heterocycles. The molecule has 1 nitrogen and oxygen atoms in total. The first-order valence-corrected chi connectivity index (χ1v) is 4.82. The summed E-state index contributed by atoms with van der Waals surface area (Å²) in [6.07, 6.45) is 7.13. The van der Waals surface area contributed by atoms with Gasteiger partial charge in [0.2, 0.25) is 0 Å². The molecule has 0 spiro atoms. The molecule has 0 unspecified atom stereocenters. The van der Waals surface area contributed by atoms with Gasteiger partial charge in [0.15, 0.2) is 0 Å². The van der Waals surface area contributed by atoms with Crippen molar-refractivity contribution in [3.05, 3.63) is 6.10 Å². The molecule has 0 bridgehead atoms. The van der Waals surface area contributed by atoms with E-state index in [1.807, 2.05) is 0 Å². The van der Waals surface area contributed by atoms with Crippen LogP contribution in [0, 0.1) is 6.10 Å². The average Bonchev–Trinajstić information content (AvgIpc) is 2.01. The summed E-state index contributed by atoms with van der Waals surface area (Å²) in [5, 5.41) is 0. The average molecular weight is 157 g/mol. The molecule has 0 saturated heterocycles. The molecule has 0 aromatic carbocycles. The van der Waals surface area contributed by atoms with E-state index in [1.54, 1.807) is 0 Å². The Bertz CT molecular complexity index is 65.3. The smallest absolute Gasteiger partial charge is 0.0970 e. The molecule has 0 atom stereocenters. The van der Waals surface area contributed by atoms with E-state index < -0.39 is 0 Å².